The van der Waals surface area contributed by atoms with Crippen LogP contribution in [-0.4, -0.2) is 31.2 Å². The Morgan fingerprint density at radius 1 is 1.06 bits per heavy atom. The largest absolute Gasteiger partial charge is 0.339 e. The summed E-state index contributed by atoms with van der Waals surface area (Å²) in [6, 6.07) is 12.6. The lowest BCUT2D eigenvalue weighted by Gasteiger charge is -2.24. The zero-order chi connectivity index (χ0) is 21.0. The van der Waals surface area contributed by atoms with Crippen LogP contribution in [0.1, 0.15) is 67.6 Å². The molecule has 0 amide bonds. The molecule has 5 rings (SSSR count). The summed E-state index contributed by atoms with van der Waals surface area (Å²) in [6.45, 7) is 1.99. The third-order valence-electron chi connectivity index (χ3n) is 6.37. The van der Waals surface area contributed by atoms with Crippen molar-refractivity contribution in [3.63, 3.8) is 0 Å². The number of pyridine rings is 2. The van der Waals surface area contributed by atoms with Gasteiger partial charge in [0.1, 0.15) is 17.6 Å². The highest BCUT2D eigenvalue weighted by molar-refractivity contribution is 5.55. The molecule has 7 heteroatoms. The molecule has 7 nitrogen and oxygen atoms in total. The minimum Gasteiger partial charge on any atom is -0.339 e. The van der Waals surface area contributed by atoms with Crippen molar-refractivity contribution < 1.29 is 0 Å². The Morgan fingerprint density at radius 2 is 1.97 bits per heavy atom. The van der Waals surface area contributed by atoms with Crippen molar-refractivity contribution in [2.24, 2.45) is 0 Å². The smallest absolute Gasteiger partial charge is 0.140 e. The number of aromatic nitrogens is 4. The van der Waals surface area contributed by atoms with Crippen molar-refractivity contribution in [1.29, 1.82) is 5.26 Å². The molecule has 2 aliphatic rings. The van der Waals surface area contributed by atoms with Crippen LogP contribution in [0.5, 0.6) is 0 Å². The number of anilines is 2. The summed E-state index contributed by atoms with van der Waals surface area (Å²) in [5.74, 6) is 0.796. The summed E-state index contributed by atoms with van der Waals surface area (Å²) in [4.78, 5) is 11.5. The number of nitrogens with one attached hydrogen (secondary N) is 1. The van der Waals surface area contributed by atoms with E-state index in [0.717, 1.165) is 36.7 Å². The summed E-state index contributed by atoms with van der Waals surface area (Å²) in [5, 5.41) is 16.9. The van der Waals surface area contributed by atoms with Crippen molar-refractivity contribution >= 4 is 11.5 Å². The lowest BCUT2D eigenvalue weighted by atomic mass is 10.1. The Bertz CT molecular complexity index is 1060. The Morgan fingerprint density at radius 3 is 2.77 bits per heavy atom. The zero-order valence-corrected chi connectivity index (χ0v) is 17.6. The van der Waals surface area contributed by atoms with Gasteiger partial charge in [-0.3, -0.25) is 9.58 Å². The number of nitriles is 1. The average molecular weight is 414 g/mol. The maximum atomic E-state index is 8.91. The van der Waals surface area contributed by atoms with Gasteiger partial charge in [-0.2, -0.15) is 10.4 Å². The van der Waals surface area contributed by atoms with Gasteiger partial charge >= 0.3 is 0 Å². The van der Waals surface area contributed by atoms with E-state index in [1.54, 1.807) is 12.3 Å². The summed E-state index contributed by atoms with van der Waals surface area (Å²) in [5.41, 5.74) is 3.61. The molecule has 0 bridgehead atoms. The van der Waals surface area contributed by atoms with E-state index in [9.17, 15) is 0 Å². The van der Waals surface area contributed by atoms with Crippen LogP contribution in [0.25, 0.3) is 0 Å². The monoisotopic (exact) mass is 413 g/mol. The first-order chi connectivity index (χ1) is 15.3. The maximum Gasteiger partial charge on any atom is 0.140 e. The molecule has 1 saturated carbocycles. The van der Waals surface area contributed by atoms with Crippen LogP contribution in [0.2, 0.25) is 0 Å². The van der Waals surface area contributed by atoms with Crippen molar-refractivity contribution in [1.82, 2.24) is 24.6 Å². The van der Waals surface area contributed by atoms with Gasteiger partial charge in [0.05, 0.1) is 35.9 Å². The fourth-order valence-corrected chi connectivity index (χ4v) is 4.80. The van der Waals surface area contributed by atoms with Crippen LogP contribution in [0.3, 0.4) is 0 Å². The second-order valence-electron chi connectivity index (χ2n) is 8.51. The predicted molar refractivity (Wildman–Crippen MR) is 119 cm³/mol. The van der Waals surface area contributed by atoms with E-state index < -0.39 is 0 Å². The van der Waals surface area contributed by atoms with E-state index in [-0.39, 0.29) is 0 Å². The summed E-state index contributed by atoms with van der Waals surface area (Å²) < 4.78 is 2.18. The SMILES string of the molecule is N#Cc1ccc(Nc2cccc(C3CCCN3Cc3cnn(C4CCCC4)c3)n2)cn1. The van der Waals surface area contributed by atoms with Gasteiger partial charge in [-0.1, -0.05) is 18.9 Å². The molecular formula is C24H27N7. The van der Waals surface area contributed by atoms with Gasteiger partial charge in [0.2, 0.25) is 0 Å². The fraction of sp³-hybridized carbons (Fsp3) is 0.417. The minimum absolute atomic E-state index is 0.315. The Labute approximate surface area is 182 Å². The number of nitrogens with zero attached hydrogens (tertiary/aromatic N) is 6. The van der Waals surface area contributed by atoms with Crippen LogP contribution >= 0.6 is 0 Å². The molecular weight excluding hydrogens is 386 g/mol. The molecule has 1 saturated heterocycles. The third-order valence-corrected chi connectivity index (χ3v) is 6.37. The third kappa shape index (κ3) is 4.44. The molecule has 3 aromatic heterocycles. The molecule has 1 atom stereocenters. The molecule has 1 aliphatic carbocycles. The molecule has 4 heterocycles. The highest BCUT2D eigenvalue weighted by atomic mass is 15.3. The normalized spacial score (nSPS) is 19.5. The van der Waals surface area contributed by atoms with Crippen LogP contribution in [0.15, 0.2) is 48.9 Å². The molecule has 0 spiro atoms. The average Bonchev–Trinajstić information content (AvgIpc) is 3.57. The van der Waals surface area contributed by atoms with Crippen molar-refractivity contribution in [2.75, 3.05) is 11.9 Å². The van der Waals surface area contributed by atoms with Gasteiger partial charge in [0.25, 0.3) is 0 Å². The van der Waals surface area contributed by atoms with E-state index in [1.807, 2.05) is 24.4 Å². The number of likely N-dealkylation sites (tertiary alicyclic amines) is 1. The van der Waals surface area contributed by atoms with E-state index in [2.05, 4.69) is 43.3 Å². The number of hydrogen-bond acceptors (Lipinski definition) is 6. The van der Waals surface area contributed by atoms with Crippen molar-refractivity contribution in [3.05, 3.63) is 65.9 Å². The lowest BCUT2D eigenvalue weighted by Crippen LogP contribution is -2.23. The molecule has 1 N–H and O–H groups in total. The van der Waals surface area contributed by atoms with E-state index in [4.69, 9.17) is 10.2 Å². The minimum atomic E-state index is 0.315. The first-order valence-corrected chi connectivity index (χ1v) is 11.2. The molecule has 31 heavy (non-hydrogen) atoms. The predicted octanol–water partition coefficient (Wildman–Crippen LogP) is 4.74. The van der Waals surface area contributed by atoms with Gasteiger partial charge in [-0.15, -0.1) is 0 Å². The number of hydrogen-bond donors (Lipinski definition) is 1. The van der Waals surface area contributed by atoms with Gasteiger partial charge < -0.3 is 5.32 Å². The Kier molecular flexibility index (Phi) is 5.63. The standard InChI is InChI=1S/C24H27N7/c25-13-19-10-11-20(15-26-19)28-24-9-3-7-22(29-24)23-8-4-12-30(23)16-18-14-27-31(17-18)21-5-1-2-6-21/h3,7,9-11,14-15,17,21,23H,1-2,4-6,8,12,16H2,(H,28,29). The second-order valence-corrected chi connectivity index (χ2v) is 8.51. The molecule has 1 unspecified atom stereocenters. The zero-order valence-electron chi connectivity index (χ0n) is 17.6. The van der Waals surface area contributed by atoms with Crippen LogP contribution in [-0.2, 0) is 6.54 Å². The topological polar surface area (TPSA) is 82.7 Å². The molecule has 0 radical (unpaired) electrons. The summed E-state index contributed by atoms with van der Waals surface area (Å²) >= 11 is 0. The molecule has 0 aromatic carbocycles. The molecule has 158 valence electrons. The molecule has 3 aromatic rings. The van der Waals surface area contributed by atoms with E-state index in [0.29, 0.717) is 17.8 Å². The van der Waals surface area contributed by atoms with Crippen molar-refractivity contribution in [3.8, 4) is 6.07 Å². The Hall–Kier alpha value is -3.24. The van der Waals surface area contributed by atoms with Gasteiger partial charge in [0.15, 0.2) is 0 Å². The maximum absolute atomic E-state index is 8.91. The second kappa shape index (κ2) is 8.86. The van der Waals surface area contributed by atoms with Gasteiger partial charge in [0, 0.05) is 18.3 Å². The van der Waals surface area contributed by atoms with E-state index in [1.165, 1.54) is 37.7 Å². The highest BCUT2D eigenvalue weighted by Crippen LogP contribution is 2.34. The van der Waals surface area contributed by atoms with Gasteiger partial charge in [-0.25, -0.2) is 9.97 Å². The fourth-order valence-electron chi connectivity index (χ4n) is 4.80. The quantitative estimate of drug-likeness (QED) is 0.628. The molecule has 2 fully saturated rings. The first-order valence-electron chi connectivity index (χ1n) is 11.2. The number of rotatable bonds is 6. The van der Waals surface area contributed by atoms with E-state index >= 15 is 0 Å². The Balaban J connectivity index is 1.27. The lowest BCUT2D eigenvalue weighted by molar-refractivity contribution is 0.244. The van der Waals surface area contributed by atoms with Crippen LogP contribution in [0, 0.1) is 11.3 Å². The van der Waals surface area contributed by atoms with Gasteiger partial charge in [-0.05, 0) is 56.5 Å². The summed E-state index contributed by atoms with van der Waals surface area (Å²) in [7, 11) is 0. The first kappa shape index (κ1) is 19.7. The van der Waals surface area contributed by atoms with Crippen LogP contribution < -0.4 is 5.32 Å². The van der Waals surface area contributed by atoms with Crippen molar-refractivity contribution in [2.45, 2.75) is 57.2 Å². The molecule has 1 aliphatic heterocycles. The highest BCUT2D eigenvalue weighted by Gasteiger charge is 2.28. The summed E-state index contributed by atoms with van der Waals surface area (Å²) in [6.07, 6.45) is 13.4. The van der Waals surface area contributed by atoms with Crippen LogP contribution in [0.4, 0.5) is 11.5 Å².